The summed E-state index contributed by atoms with van der Waals surface area (Å²) in [7, 11) is 0. The van der Waals surface area contributed by atoms with Gasteiger partial charge in [0.05, 0.1) is 10.7 Å². The van der Waals surface area contributed by atoms with Crippen molar-refractivity contribution in [2.45, 2.75) is 6.92 Å². The summed E-state index contributed by atoms with van der Waals surface area (Å²) in [6.45, 7) is 1.87. The predicted octanol–water partition coefficient (Wildman–Crippen LogP) is 4.49. The summed E-state index contributed by atoms with van der Waals surface area (Å²) in [5.41, 5.74) is 0.813. The first-order chi connectivity index (χ1) is 7.66. The first kappa shape index (κ1) is 11.2. The smallest absolute Gasteiger partial charge is 0.148 e. The Morgan fingerprint density at radius 3 is 2.62 bits per heavy atom. The molecule has 4 heteroatoms. The molecule has 1 aromatic carbocycles. The SMILES string of the molecule is Cc1ncccc1Oc1ccc(Cl)cc1Cl. The largest absolute Gasteiger partial charge is 0.454 e. The summed E-state index contributed by atoms with van der Waals surface area (Å²) in [4.78, 5) is 4.13. The lowest BCUT2D eigenvalue weighted by Crippen LogP contribution is -1.90. The number of rotatable bonds is 2. The van der Waals surface area contributed by atoms with Crippen LogP contribution in [0.5, 0.6) is 11.5 Å². The van der Waals surface area contributed by atoms with Crippen molar-refractivity contribution < 1.29 is 4.74 Å². The minimum absolute atomic E-state index is 0.482. The van der Waals surface area contributed by atoms with Crippen LogP contribution in [0.2, 0.25) is 10.0 Å². The maximum atomic E-state index is 6.00. The summed E-state index contributed by atoms with van der Waals surface area (Å²) in [6, 6.07) is 8.76. The normalized spacial score (nSPS) is 10.2. The van der Waals surface area contributed by atoms with Gasteiger partial charge in [0.1, 0.15) is 11.5 Å². The van der Waals surface area contributed by atoms with Crippen molar-refractivity contribution >= 4 is 23.2 Å². The molecule has 0 aliphatic carbocycles. The van der Waals surface area contributed by atoms with Gasteiger partial charge in [-0.25, -0.2) is 0 Å². The van der Waals surface area contributed by atoms with Gasteiger partial charge in [-0.1, -0.05) is 23.2 Å². The van der Waals surface area contributed by atoms with Crippen molar-refractivity contribution in [1.29, 1.82) is 0 Å². The summed E-state index contributed by atoms with van der Waals surface area (Å²) >= 11 is 11.8. The highest BCUT2D eigenvalue weighted by atomic mass is 35.5. The van der Waals surface area contributed by atoms with Crippen molar-refractivity contribution in [3.8, 4) is 11.5 Å². The predicted molar refractivity (Wildman–Crippen MR) is 65.5 cm³/mol. The van der Waals surface area contributed by atoms with Crippen LogP contribution in [0, 0.1) is 6.92 Å². The quantitative estimate of drug-likeness (QED) is 0.787. The Morgan fingerprint density at radius 1 is 1.12 bits per heavy atom. The van der Waals surface area contributed by atoms with Crippen LogP contribution in [0.4, 0.5) is 0 Å². The van der Waals surface area contributed by atoms with E-state index in [9.17, 15) is 0 Å². The van der Waals surface area contributed by atoms with Gasteiger partial charge in [-0.3, -0.25) is 4.98 Å². The van der Waals surface area contributed by atoms with Crippen molar-refractivity contribution in [1.82, 2.24) is 4.98 Å². The number of hydrogen-bond acceptors (Lipinski definition) is 2. The molecule has 1 heterocycles. The topological polar surface area (TPSA) is 22.1 Å². The van der Waals surface area contributed by atoms with Gasteiger partial charge < -0.3 is 4.74 Å². The Balaban J connectivity index is 2.31. The minimum Gasteiger partial charge on any atom is -0.454 e. The number of aromatic nitrogens is 1. The molecule has 0 aliphatic heterocycles. The summed E-state index contributed by atoms with van der Waals surface area (Å²) in [5, 5.41) is 1.07. The number of benzene rings is 1. The maximum absolute atomic E-state index is 6.00. The molecular weight excluding hydrogens is 245 g/mol. The van der Waals surface area contributed by atoms with Crippen molar-refractivity contribution in [2.24, 2.45) is 0 Å². The summed E-state index contributed by atoms with van der Waals surface area (Å²) in [5.74, 6) is 1.26. The van der Waals surface area contributed by atoms with E-state index in [0.29, 0.717) is 21.5 Å². The van der Waals surface area contributed by atoms with Crippen LogP contribution in [0.3, 0.4) is 0 Å². The van der Waals surface area contributed by atoms with Crippen LogP contribution in [0.25, 0.3) is 0 Å². The van der Waals surface area contributed by atoms with E-state index in [2.05, 4.69) is 4.98 Å². The van der Waals surface area contributed by atoms with Crippen LogP contribution >= 0.6 is 23.2 Å². The third-order valence-electron chi connectivity index (χ3n) is 2.07. The van der Waals surface area contributed by atoms with Gasteiger partial charge in [0.15, 0.2) is 0 Å². The maximum Gasteiger partial charge on any atom is 0.148 e. The zero-order valence-corrected chi connectivity index (χ0v) is 10.1. The third-order valence-corrected chi connectivity index (χ3v) is 2.60. The average molecular weight is 254 g/mol. The van der Waals surface area contributed by atoms with Crippen molar-refractivity contribution in [3.05, 3.63) is 52.3 Å². The molecule has 16 heavy (non-hydrogen) atoms. The minimum atomic E-state index is 0.482. The molecule has 0 unspecified atom stereocenters. The van der Waals surface area contributed by atoms with Gasteiger partial charge in [0.2, 0.25) is 0 Å². The highest BCUT2D eigenvalue weighted by Gasteiger charge is 2.05. The van der Waals surface area contributed by atoms with E-state index in [1.165, 1.54) is 0 Å². The molecule has 0 atom stereocenters. The van der Waals surface area contributed by atoms with Gasteiger partial charge >= 0.3 is 0 Å². The lowest BCUT2D eigenvalue weighted by molar-refractivity contribution is 0.476. The molecule has 1 aromatic heterocycles. The van der Waals surface area contributed by atoms with Gasteiger partial charge in [0.25, 0.3) is 0 Å². The van der Waals surface area contributed by atoms with E-state index in [-0.39, 0.29) is 0 Å². The van der Waals surface area contributed by atoms with Crippen LogP contribution < -0.4 is 4.74 Å². The van der Waals surface area contributed by atoms with Crippen LogP contribution in [-0.4, -0.2) is 4.98 Å². The van der Waals surface area contributed by atoms with E-state index in [1.807, 2.05) is 19.1 Å². The molecule has 2 rings (SSSR count). The summed E-state index contributed by atoms with van der Waals surface area (Å²) in [6.07, 6.45) is 1.71. The van der Waals surface area contributed by atoms with Crippen LogP contribution in [0.1, 0.15) is 5.69 Å². The molecule has 82 valence electrons. The Morgan fingerprint density at radius 2 is 1.94 bits per heavy atom. The molecule has 0 radical (unpaired) electrons. The van der Waals surface area contributed by atoms with Gasteiger partial charge in [-0.05, 0) is 37.3 Å². The van der Waals surface area contributed by atoms with Gasteiger partial charge in [-0.2, -0.15) is 0 Å². The molecular formula is C12H9Cl2NO. The number of pyridine rings is 1. The Hall–Kier alpha value is -1.25. The second kappa shape index (κ2) is 4.73. The second-order valence-corrected chi connectivity index (χ2v) is 4.11. The fraction of sp³-hybridized carbons (Fsp3) is 0.0833. The first-order valence-electron chi connectivity index (χ1n) is 4.71. The zero-order chi connectivity index (χ0) is 11.5. The fourth-order valence-electron chi connectivity index (χ4n) is 1.25. The first-order valence-corrected chi connectivity index (χ1v) is 5.47. The average Bonchev–Trinajstić information content (AvgIpc) is 2.25. The molecule has 0 spiro atoms. The number of ether oxygens (including phenoxy) is 1. The van der Waals surface area contributed by atoms with Gasteiger partial charge in [0, 0.05) is 11.2 Å². The number of halogens is 2. The van der Waals surface area contributed by atoms with E-state index in [1.54, 1.807) is 24.4 Å². The third kappa shape index (κ3) is 2.46. The van der Waals surface area contributed by atoms with Gasteiger partial charge in [-0.15, -0.1) is 0 Å². The molecule has 2 aromatic rings. The highest BCUT2D eigenvalue weighted by Crippen LogP contribution is 2.32. The molecule has 0 saturated heterocycles. The van der Waals surface area contributed by atoms with E-state index < -0.39 is 0 Å². The van der Waals surface area contributed by atoms with Crippen LogP contribution in [-0.2, 0) is 0 Å². The fourth-order valence-corrected chi connectivity index (χ4v) is 1.70. The highest BCUT2D eigenvalue weighted by molar-refractivity contribution is 6.35. The molecule has 0 N–H and O–H groups in total. The standard InChI is InChI=1S/C12H9Cl2NO/c1-8-11(3-2-6-15-8)16-12-5-4-9(13)7-10(12)14/h2-7H,1H3. The molecule has 0 saturated carbocycles. The lowest BCUT2D eigenvalue weighted by Gasteiger charge is -2.09. The monoisotopic (exact) mass is 253 g/mol. The summed E-state index contributed by atoms with van der Waals surface area (Å²) < 4.78 is 5.64. The molecule has 0 amide bonds. The molecule has 0 fully saturated rings. The van der Waals surface area contributed by atoms with Crippen LogP contribution in [0.15, 0.2) is 36.5 Å². The number of nitrogens with zero attached hydrogens (tertiary/aromatic N) is 1. The Labute approximate surface area is 104 Å². The molecule has 2 nitrogen and oxygen atoms in total. The molecule has 0 aliphatic rings. The van der Waals surface area contributed by atoms with Crippen molar-refractivity contribution in [3.63, 3.8) is 0 Å². The van der Waals surface area contributed by atoms with E-state index >= 15 is 0 Å². The number of aryl methyl sites for hydroxylation is 1. The Bertz CT molecular complexity index is 514. The Kier molecular flexibility index (Phi) is 3.32. The van der Waals surface area contributed by atoms with E-state index in [0.717, 1.165) is 5.69 Å². The van der Waals surface area contributed by atoms with Crippen molar-refractivity contribution in [2.75, 3.05) is 0 Å². The second-order valence-electron chi connectivity index (χ2n) is 3.26. The number of hydrogen-bond donors (Lipinski definition) is 0. The van der Waals surface area contributed by atoms with E-state index in [4.69, 9.17) is 27.9 Å². The molecule has 0 bridgehead atoms. The zero-order valence-electron chi connectivity index (χ0n) is 8.58. The lowest BCUT2D eigenvalue weighted by atomic mass is 10.3.